The second kappa shape index (κ2) is 9.33. The molecular weight excluding hydrogens is 430 g/mol. The fraction of sp³-hybridized carbons (Fsp3) is 0.370. The van der Waals surface area contributed by atoms with E-state index in [0.717, 1.165) is 24.0 Å². The van der Waals surface area contributed by atoms with E-state index in [0.29, 0.717) is 30.4 Å². The van der Waals surface area contributed by atoms with Crippen LogP contribution < -0.4 is 0 Å². The normalized spacial score (nSPS) is 21.1. The molecule has 0 N–H and O–H groups in total. The van der Waals surface area contributed by atoms with Gasteiger partial charge in [0.1, 0.15) is 11.9 Å². The van der Waals surface area contributed by atoms with Crippen molar-refractivity contribution in [1.82, 2.24) is 14.8 Å². The van der Waals surface area contributed by atoms with Crippen molar-refractivity contribution in [2.24, 2.45) is 0 Å². The Kier molecular flexibility index (Phi) is 6.09. The van der Waals surface area contributed by atoms with Crippen molar-refractivity contribution in [2.75, 3.05) is 13.1 Å². The molecule has 34 heavy (non-hydrogen) atoms. The third-order valence-corrected chi connectivity index (χ3v) is 6.89. The number of aryl methyl sites for hydroxylation is 1. The van der Waals surface area contributed by atoms with Gasteiger partial charge in [-0.05, 0) is 44.4 Å². The molecule has 3 heterocycles. The molecule has 2 aromatic carbocycles. The first-order chi connectivity index (χ1) is 16.5. The van der Waals surface area contributed by atoms with E-state index in [-0.39, 0.29) is 36.6 Å². The van der Waals surface area contributed by atoms with Gasteiger partial charge in [-0.15, -0.1) is 0 Å². The molecule has 2 amide bonds. The van der Waals surface area contributed by atoms with Gasteiger partial charge in [-0.1, -0.05) is 48.5 Å². The number of carbonyl (C=O) groups is 2. The Hall–Kier alpha value is -3.61. The maximum absolute atomic E-state index is 13.0. The Morgan fingerprint density at radius 3 is 2.35 bits per heavy atom. The lowest BCUT2D eigenvalue weighted by Crippen LogP contribution is -2.49. The summed E-state index contributed by atoms with van der Waals surface area (Å²) < 4.78 is 11.5. The standard InChI is InChI=1S/C27H29N3O4/c1-18-25(20-9-5-3-6-10-20)34-27(32)30(18)22-13-15-29(16-14-22)24(31)17-23-19(2)33-26(28-23)21-11-7-4-8-12-21/h3-12,18,22,25H,13-17H2,1-2H3/t18-,25-/m1/s1. The number of amides is 2. The molecule has 2 atom stereocenters. The minimum atomic E-state index is -0.266. The van der Waals surface area contributed by atoms with E-state index in [1.54, 1.807) is 0 Å². The molecule has 0 unspecified atom stereocenters. The predicted molar refractivity (Wildman–Crippen MR) is 127 cm³/mol. The quantitative estimate of drug-likeness (QED) is 0.550. The summed E-state index contributed by atoms with van der Waals surface area (Å²) in [6.07, 6.45) is 1.16. The maximum Gasteiger partial charge on any atom is 0.411 e. The topological polar surface area (TPSA) is 75.9 Å². The van der Waals surface area contributed by atoms with Gasteiger partial charge in [-0.2, -0.15) is 0 Å². The lowest BCUT2D eigenvalue weighted by atomic mass is 9.98. The Balaban J connectivity index is 1.19. The molecule has 0 spiro atoms. The van der Waals surface area contributed by atoms with Gasteiger partial charge < -0.3 is 14.1 Å². The number of piperidine rings is 1. The molecule has 2 aliphatic rings. The number of aromatic nitrogens is 1. The Labute approximate surface area is 199 Å². The summed E-state index contributed by atoms with van der Waals surface area (Å²) in [6, 6.07) is 19.6. The van der Waals surface area contributed by atoms with E-state index >= 15 is 0 Å². The lowest BCUT2D eigenvalue weighted by Gasteiger charge is -2.37. The third kappa shape index (κ3) is 4.30. The van der Waals surface area contributed by atoms with Crippen LogP contribution in [0.4, 0.5) is 4.79 Å². The van der Waals surface area contributed by atoms with Gasteiger partial charge in [0.05, 0.1) is 18.2 Å². The van der Waals surface area contributed by atoms with Gasteiger partial charge >= 0.3 is 6.09 Å². The number of cyclic esters (lactones) is 1. The van der Waals surface area contributed by atoms with Crippen LogP contribution >= 0.6 is 0 Å². The first kappa shape index (κ1) is 22.2. The lowest BCUT2D eigenvalue weighted by molar-refractivity contribution is -0.132. The molecule has 5 rings (SSSR count). The molecule has 2 fully saturated rings. The minimum Gasteiger partial charge on any atom is -0.441 e. The molecule has 2 aliphatic heterocycles. The molecule has 0 bridgehead atoms. The zero-order valence-electron chi connectivity index (χ0n) is 19.5. The van der Waals surface area contributed by atoms with Gasteiger partial charge in [-0.3, -0.25) is 9.69 Å². The zero-order chi connectivity index (χ0) is 23.7. The molecule has 0 saturated carbocycles. The maximum atomic E-state index is 13.0. The zero-order valence-corrected chi connectivity index (χ0v) is 19.5. The van der Waals surface area contributed by atoms with E-state index in [2.05, 4.69) is 4.98 Å². The van der Waals surface area contributed by atoms with Gasteiger partial charge in [0.15, 0.2) is 0 Å². The van der Waals surface area contributed by atoms with E-state index in [1.807, 2.05) is 84.3 Å². The average Bonchev–Trinajstić information content (AvgIpc) is 3.38. The average molecular weight is 460 g/mol. The fourth-order valence-corrected chi connectivity index (χ4v) is 5.00. The summed E-state index contributed by atoms with van der Waals surface area (Å²) in [4.78, 5) is 34.0. The van der Waals surface area contributed by atoms with Crippen LogP contribution in [0.2, 0.25) is 0 Å². The molecule has 7 heteroatoms. The fourth-order valence-electron chi connectivity index (χ4n) is 5.00. The number of benzene rings is 2. The summed E-state index contributed by atoms with van der Waals surface area (Å²) >= 11 is 0. The van der Waals surface area contributed by atoms with Crippen LogP contribution in [0.1, 0.15) is 42.9 Å². The van der Waals surface area contributed by atoms with Gasteiger partial charge in [0, 0.05) is 24.7 Å². The molecule has 7 nitrogen and oxygen atoms in total. The van der Waals surface area contributed by atoms with E-state index in [4.69, 9.17) is 9.15 Å². The van der Waals surface area contributed by atoms with Crippen LogP contribution in [0, 0.1) is 6.92 Å². The molecule has 176 valence electrons. The summed E-state index contributed by atoms with van der Waals surface area (Å²) in [6.45, 7) is 5.10. The van der Waals surface area contributed by atoms with Crippen molar-refractivity contribution in [2.45, 2.75) is 51.3 Å². The highest BCUT2D eigenvalue weighted by molar-refractivity contribution is 5.79. The molecule has 3 aromatic rings. The Morgan fingerprint density at radius 1 is 1.03 bits per heavy atom. The minimum absolute atomic E-state index is 0.0358. The van der Waals surface area contributed by atoms with Crippen molar-refractivity contribution >= 4 is 12.0 Å². The van der Waals surface area contributed by atoms with Crippen LogP contribution in [-0.4, -0.2) is 52.0 Å². The second-order valence-corrected chi connectivity index (χ2v) is 9.04. The first-order valence-electron chi connectivity index (χ1n) is 11.8. The van der Waals surface area contributed by atoms with Crippen molar-refractivity contribution in [3.63, 3.8) is 0 Å². The molecular formula is C27H29N3O4. The Morgan fingerprint density at radius 2 is 1.68 bits per heavy atom. The second-order valence-electron chi connectivity index (χ2n) is 9.04. The van der Waals surface area contributed by atoms with E-state index in [9.17, 15) is 9.59 Å². The number of rotatable bonds is 5. The predicted octanol–water partition coefficient (Wildman–Crippen LogP) is 4.77. The molecule has 0 radical (unpaired) electrons. The number of carbonyl (C=O) groups excluding carboxylic acids is 2. The number of ether oxygens (including phenoxy) is 1. The van der Waals surface area contributed by atoms with Gasteiger partial charge in [0.2, 0.25) is 11.8 Å². The van der Waals surface area contributed by atoms with Gasteiger partial charge in [0.25, 0.3) is 0 Å². The number of likely N-dealkylation sites (tertiary alicyclic amines) is 1. The van der Waals surface area contributed by atoms with Crippen LogP contribution in [0.15, 0.2) is 65.1 Å². The van der Waals surface area contributed by atoms with E-state index in [1.165, 1.54) is 0 Å². The SMILES string of the molecule is Cc1oc(-c2ccccc2)nc1CC(=O)N1CCC(N2C(=O)O[C@@H](c3ccccc3)[C@H]2C)CC1. The van der Waals surface area contributed by atoms with Crippen LogP contribution in [0.25, 0.3) is 11.5 Å². The summed E-state index contributed by atoms with van der Waals surface area (Å²) in [5, 5.41) is 0. The van der Waals surface area contributed by atoms with Crippen LogP contribution in [0.5, 0.6) is 0 Å². The highest BCUT2D eigenvalue weighted by Crippen LogP contribution is 2.35. The monoisotopic (exact) mass is 459 g/mol. The number of hydrogen-bond acceptors (Lipinski definition) is 5. The van der Waals surface area contributed by atoms with Crippen molar-refractivity contribution in [1.29, 1.82) is 0 Å². The van der Waals surface area contributed by atoms with Crippen molar-refractivity contribution in [3.05, 3.63) is 77.7 Å². The molecule has 1 aromatic heterocycles. The smallest absolute Gasteiger partial charge is 0.411 e. The van der Waals surface area contributed by atoms with Gasteiger partial charge in [-0.25, -0.2) is 9.78 Å². The number of oxazole rings is 1. The van der Waals surface area contributed by atoms with Crippen LogP contribution in [0.3, 0.4) is 0 Å². The number of nitrogens with zero attached hydrogens (tertiary/aromatic N) is 3. The summed E-state index contributed by atoms with van der Waals surface area (Å²) in [5.41, 5.74) is 2.58. The van der Waals surface area contributed by atoms with Crippen molar-refractivity contribution < 1.29 is 18.7 Å². The molecule has 0 aliphatic carbocycles. The summed E-state index contributed by atoms with van der Waals surface area (Å²) in [7, 11) is 0. The largest absolute Gasteiger partial charge is 0.441 e. The first-order valence-corrected chi connectivity index (χ1v) is 11.8. The highest BCUT2D eigenvalue weighted by Gasteiger charge is 2.44. The number of hydrogen-bond donors (Lipinski definition) is 0. The van der Waals surface area contributed by atoms with Crippen molar-refractivity contribution in [3.8, 4) is 11.5 Å². The third-order valence-electron chi connectivity index (χ3n) is 6.89. The van der Waals surface area contributed by atoms with Crippen LogP contribution in [-0.2, 0) is 16.0 Å². The Bertz CT molecular complexity index is 1150. The van der Waals surface area contributed by atoms with E-state index < -0.39 is 0 Å². The molecule has 2 saturated heterocycles. The highest BCUT2D eigenvalue weighted by atomic mass is 16.6. The summed E-state index contributed by atoms with van der Waals surface area (Å²) in [5.74, 6) is 1.24.